The van der Waals surface area contributed by atoms with Crippen LogP contribution in [0.3, 0.4) is 0 Å². The molecule has 1 unspecified atom stereocenters. The Morgan fingerprint density at radius 2 is 1.89 bits per heavy atom. The van der Waals surface area contributed by atoms with E-state index < -0.39 is 69.6 Å². The Hall–Kier alpha value is -3.08. The minimum atomic E-state index is -1.26. The van der Waals surface area contributed by atoms with E-state index in [4.69, 9.17) is 23.1 Å². The summed E-state index contributed by atoms with van der Waals surface area (Å²) in [5.41, 5.74) is 0.868. The smallest absolute Gasteiger partial charge is 0.303 e. The van der Waals surface area contributed by atoms with Gasteiger partial charge in [-0.3, -0.25) is 14.4 Å². The van der Waals surface area contributed by atoms with Crippen molar-refractivity contribution in [2.24, 2.45) is 0 Å². The summed E-state index contributed by atoms with van der Waals surface area (Å²) in [6.45, 7) is -2.41. The van der Waals surface area contributed by atoms with Gasteiger partial charge in [0.2, 0.25) is 0 Å². The first kappa shape index (κ1) is 15.0. The van der Waals surface area contributed by atoms with Crippen molar-refractivity contribution in [2.45, 2.75) is 45.1 Å². The molecule has 3 rings (SSSR count). The Kier molecular flexibility index (Phi) is 4.26. The summed E-state index contributed by atoms with van der Waals surface area (Å²) in [7, 11) is 0. The monoisotopic (exact) mass is 381 g/mol. The van der Waals surface area contributed by atoms with Crippen LogP contribution in [-0.4, -0.2) is 62.8 Å². The summed E-state index contributed by atoms with van der Waals surface area (Å²) in [4.78, 5) is 50.2. The predicted octanol–water partition coefficient (Wildman–Crippen LogP) is 0.219. The lowest BCUT2D eigenvalue weighted by atomic mass is 10.1. The second kappa shape index (κ2) is 7.66. The van der Waals surface area contributed by atoms with Crippen LogP contribution in [0.1, 0.15) is 36.7 Å². The number of fused-ring (bicyclic) bond motifs is 1. The first-order valence-corrected chi connectivity index (χ1v) is 7.70. The molecule has 1 fully saturated rings. The number of imidazole rings is 1. The van der Waals surface area contributed by atoms with E-state index in [-0.39, 0.29) is 5.82 Å². The maximum atomic E-state index is 11.8. The van der Waals surface area contributed by atoms with Crippen LogP contribution in [0.4, 0.5) is 0 Å². The zero-order valence-electron chi connectivity index (χ0n) is 17.0. The number of ether oxygens (including phenoxy) is 4. The molecule has 4 atom stereocenters. The van der Waals surface area contributed by atoms with Gasteiger partial charge in [-0.2, -0.15) is 0 Å². The van der Waals surface area contributed by atoms with Crippen molar-refractivity contribution >= 4 is 29.1 Å². The molecule has 0 amide bonds. The Balaban J connectivity index is 1.93. The Morgan fingerprint density at radius 1 is 1.15 bits per heavy atom. The molecule has 1 aliphatic rings. The van der Waals surface area contributed by atoms with E-state index in [1.807, 2.05) is 0 Å². The van der Waals surface area contributed by atoms with Crippen LogP contribution >= 0.6 is 0 Å². The van der Waals surface area contributed by atoms with E-state index in [1.54, 1.807) is 0 Å². The molecular formula is C16H18N4O7. The predicted molar refractivity (Wildman–Crippen MR) is 87.0 cm³/mol. The number of hydrogen-bond acceptors (Lipinski definition) is 10. The SMILES string of the molecule is [2H]CC(=O)OC[C@H]1OC(c2ncc3[nH]cnc3n2)[C@H](OC(=O)C[2H])[C@@H]1OC(=O)C[2H]. The number of nitrogens with one attached hydrogen (secondary N) is 1. The third-order valence-electron chi connectivity index (χ3n) is 3.70. The first-order chi connectivity index (χ1) is 14.5. The normalized spacial score (nSPS) is 26.0. The van der Waals surface area contributed by atoms with E-state index in [9.17, 15) is 14.4 Å². The Morgan fingerprint density at radius 3 is 2.63 bits per heavy atom. The van der Waals surface area contributed by atoms with Gasteiger partial charge in [0.1, 0.15) is 18.2 Å². The molecule has 0 spiro atoms. The second-order valence-corrected chi connectivity index (χ2v) is 5.56. The number of rotatable bonds is 5. The number of aromatic amines is 1. The third kappa shape index (κ3) is 4.19. The number of H-pyrrole nitrogens is 1. The molecule has 0 aliphatic carbocycles. The molecule has 0 bridgehead atoms. The van der Waals surface area contributed by atoms with Gasteiger partial charge in [0.15, 0.2) is 29.8 Å². The van der Waals surface area contributed by atoms with Gasteiger partial charge in [-0.25, -0.2) is 15.0 Å². The molecular weight excluding hydrogens is 360 g/mol. The van der Waals surface area contributed by atoms with Gasteiger partial charge in [-0.1, -0.05) is 0 Å². The number of carbonyl (C=O) groups excluding carboxylic acids is 3. The summed E-state index contributed by atoms with van der Waals surface area (Å²) in [5, 5.41) is 0. The van der Waals surface area contributed by atoms with Gasteiger partial charge in [-0.05, 0) is 0 Å². The van der Waals surface area contributed by atoms with Crippen molar-refractivity contribution in [3.8, 4) is 0 Å². The second-order valence-electron chi connectivity index (χ2n) is 5.56. The zero-order chi connectivity index (χ0) is 21.7. The van der Waals surface area contributed by atoms with E-state index in [0.717, 1.165) is 0 Å². The average Bonchev–Trinajstić information content (AvgIpc) is 3.36. The highest BCUT2D eigenvalue weighted by atomic mass is 16.6. The molecule has 0 aromatic carbocycles. The van der Waals surface area contributed by atoms with Gasteiger partial charge < -0.3 is 23.9 Å². The average molecular weight is 381 g/mol. The molecule has 1 saturated heterocycles. The molecule has 2 aromatic rings. The van der Waals surface area contributed by atoms with Crippen molar-refractivity contribution in [1.29, 1.82) is 0 Å². The van der Waals surface area contributed by atoms with Crippen LogP contribution in [0.5, 0.6) is 0 Å². The lowest BCUT2D eigenvalue weighted by molar-refractivity contribution is -0.165. The van der Waals surface area contributed by atoms with Crippen molar-refractivity contribution in [1.82, 2.24) is 19.9 Å². The van der Waals surface area contributed by atoms with Crippen molar-refractivity contribution in [3.05, 3.63) is 18.3 Å². The Labute approximate surface area is 157 Å². The van der Waals surface area contributed by atoms with E-state index >= 15 is 0 Å². The molecule has 1 aliphatic heterocycles. The summed E-state index contributed by atoms with van der Waals surface area (Å²) in [6, 6.07) is 0. The standard InChI is InChI=1S/C16H18N4O7/c1-7(21)24-5-11-12(25-8(2)22)13(26-9(3)23)14(27-11)16-17-4-10-15(20-16)19-6-18-10/h4,6,11-14H,5H2,1-3H3,(H,17,18,19,20)/t11-,12-,13-,14?/m1/s1/i1D,2D,3D. The Bertz CT molecular complexity index is 927. The highest BCUT2D eigenvalue weighted by Crippen LogP contribution is 2.36. The third-order valence-corrected chi connectivity index (χ3v) is 3.70. The van der Waals surface area contributed by atoms with Gasteiger partial charge in [-0.15, -0.1) is 0 Å². The van der Waals surface area contributed by atoms with Crippen LogP contribution in [0, 0.1) is 0 Å². The summed E-state index contributed by atoms with van der Waals surface area (Å²) >= 11 is 0. The lowest BCUT2D eigenvalue weighted by Gasteiger charge is -2.22. The fourth-order valence-electron chi connectivity index (χ4n) is 2.71. The zero-order valence-corrected chi connectivity index (χ0v) is 14.0. The quantitative estimate of drug-likeness (QED) is 0.564. The topological polar surface area (TPSA) is 143 Å². The molecule has 1 N–H and O–H groups in total. The molecule has 2 aromatic heterocycles. The van der Waals surface area contributed by atoms with Gasteiger partial charge in [0.25, 0.3) is 0 Å². The highest BCUT2D eigenvalue weighted by Gasteiger charge is 2.51. The van der Waals surface area contributed by atoms with Crippen LogP contribution in [0.2, 0.25) is 0 Å². The molecule has 11 nitrogen and oxygen atoms in total. The van der Waals surface area contributed by atoms with Crippen LogP contribution in [0.25, 0.3) is 11.2 Å². The maximum absolute atomic E-state index is 11.8. The van der Waals surface area contributed by atoms with Crippen LogP contribution < -0.4 is 0 Å². The van der Waals surface area contributed by atoms with Gasteiger partial charge in [0, 0.05) is 24.8 Å². The van der Waals surface area contributed by atoms with Crippen LogP contribution in [0.15, 0.2) is 12.5 Å². The number of nitrogens with zero attached hydrogens (tertiary/aromatic N) is 3. The van der Waals surface area contributed by atoms with Crippen molar-refractivity contribution in [2.75, 3.05) is 6.61 Å². The number of carbonyl (C=O) groups is 3. The lowest BCUT2D eigenvalue weighted by Crippen LogP contribution is -2.40. The molecule has 0 saturated carbocycles. The minimum absolute atomic E-state index is 0.0682. The van der Waals surface area contributed by atoms with Gasteiger partial charge in [0.05, 0.1) is 12.5 Å². The molecule has 144 valence electrons. The largest absolute Gasteiger partial charge is 0.463 e. The van der Waals surface area contributed by atoms with Crippen molar-refractivity contribution in [3.63, 3.8) is 0 Å². The molecule has 27 heavy (non-hydrogen) atoms. The number of esters is 3. The summed E-state index contributed by atoms with van der Waals surface area (Å²) < 4.78 is 42.6. The first-order valence-electron chi connectivity index (χ1n) is 9.82. The number of hydrogen-bond donors (Lipinski definition) is 1. The summed E-state index contributed by atoms with van der Waals surface area (Å²) in [5.74, 6) is -2.60. The highest BCUT2D eigenvalue weighted by molar-refractivity contribution is 5.69. The molecule has 11 heteroatoms. The van der Waals surface area contributed by atoms with E-state index in [2.05, 4.69) is 19.9 Å². The summed E-state index contributed by atoms with van der Waals surface area (Å²) in [6.07, 6.45) is -1.85. The van der Waals surface area contributed by atoms with Gasteiger partial charge >= 0.3 is 17.9 Å². The number of aromatic nitrogens is 4. The molecule has 0 radical (unpaired) electrons. The fraction of sp³-hybridized carbons (Fsp3) is 0.500. The fourth-order valence-corrected chi connectivity index (χ4v) is 2.71. The van der Waals surface area contributed by atoms with Crippen molar-refractivity contribution < 1.29 is 37.4 Å². The minimum Gasteiger partial charge on any atom is -0.463 e. The van der Waals surface area contributed by atoms with E-state index in [1.165, 1.54) is 12.5 Å². The van der Waals surface area contributed by atoms with E-state index in [0.29, 0.717) is 11.2 Å². The molecule has 3 heterocycles. The maximum Gasteiger partial charge on any atom is 0.303 e. The van der Waals surface area contributed by atoms with Crippen LogP contribution in [-0.2, 0) is 33.3 Å².